The molecular weight excluding hydrogens is 396 g/mol. The third-order valence-corrected chi connectivity index (χ3v) is 4.50. The standard InChI is InChI=1S/C20H19BrN2O3/c1-12-5-6-13(2)17(7-12)23-20(24)15(11-22)8-14-9-18(25-3)19(26-4)10-16(14)21/h5-10H,1-4H3,(H,23,24)/b15-8+. The Morgan fingerprint density at radius 2 is 1.81 bits per heavy atom. The third-order valence-electron chi connectivity index (χ3n) is 3.81. The van der Waals surface area contributed by atoms with Crippen LogP contribution in [-0.2, 0) is 4.79 Å². The molecule has 6 heteroatoms. The number of nitrogens with zero attached hydrogens (tertiary/aromatic N) is 1. The number of benzene rings is 2. The highest BCUT2D eigenvalue weighted by Gasteiger charge is 2.14. The lowest BCUT2D eigenvalue weighted by molar-refractivity contribution is -0.112. The van der Waals surface area contributed by atoms with Crippen LogP contribution >= 0.6 is 15.9 Å². The smallest absolute Gasteiger partial charge is 0.266 e. The Morgan fingerprint density at radius 1 is 1.15 bits per heavy atom. The molecule has 0 heterocycles. The van der Waals surface area contributed by atoms with E-state index >= 15 is 0 Å². The van der Waals surface area contributed by atoms with E-state index in [0.717, 1.165) is 11.1 Å². The Kier molecular flexibility index (Phi) is 6.42. The first-order chi connectivity index (χ1) is 12.4. The molecule has 0 aliphatic carbocycles. The van der Waals surface area contributed by atoms with Crippen molar-refractivity contribution in [2.45, 2.75) is 13.8 Å². The molecule has 134 valence electrons. The summed E-state index contributed by atoms with van der Waals surface area (Å²) < 4.78 is 11.2. The molecule has 0 aromatic heterocycles. The minimum atomic E-state index is -0.470. The Balaban J connectivity index is 2.37. The molecule has 0 spiro atoms. The summed E-state index contributed by atoms with van der Waals surface area (Å²) in [6.45, 7) is 3.84. The minimum absolute atomic E-state index is 0.0150. The van der Waals surface area contributed by atoms with Crippen molar-refractivity contribution in [2.75, 3.05) is 19.5 Å². The van der Waals surface area contributed by atoms with Gasteiger partial charge in [0.15, 0.2) is 11.5 Å². The lowest BCUT2D eigenvalue weighted by atomic mass is 10.1. The van der Waals surface area contributed by atoms with E-state index in [2.05, 4.69) is 21.2 Å². The van der Waals surface area contributed by atoms with Gasteiger partial charge in [0.25, 0.3) is 5.91 Å². The van der Waals surface area contributed by atoms with Crippen molar-refractivity contribution < 1.29 is 14.3 Å². The second-order valence-corrected chi connectivity index (χ2v) is 6.53. The van der Waals surface area contributed by atoms with E-state index in [0.29, 0.717) is 27.2 Å². The summed E-state index contributed by atoms with van der Waals surface area (Å²) in [5, 5.41) is 12.2. The van der Waals surface area contributed by atoms with Crippen molar-refractivity contribution in [3.8, 4) is 17.6 Å². The summed E-state index contributed by atoms with van der Waals surface area (Å²) in [6, 6.07) is 11.1. The highest BCUT2D eigenvalue weighted by Crippen LogP contribution is 2.34. The number of aryl methyl sites for hydroxylation is 2. The van der Waals surface area contributed by atoms with Crippen LogP contribution in [0.2, 0.25) is 0 Å². The van der Waals surface area contributed by atoms with Gasteiger partial charge in [-0.3, -0.25) is 4.79 Å². The Labute approximate surface area is 161 Å². The van der Waals surface area contributed by atoms with E-state index in [1.165, 1.54) is 20.3 Å². The molecule has 0 unspecified atom stereocenters. The first-order valence-corrected chi connectivity index (χ1v) is 8.60. The maximum Gasteiger partial charge on any atom is 0.266 e. The number of carbonyl (C=O) groups is 1. The average molecular weight is 415 g/mol. The van der Waals surface area contributed by atoms with Crippen molar-refractivity contribution in [3.05, 3.63) is 57.1 Å². The zero-order valence-electron chi connectivity index (χ0n) is 15.0. The van der Waals surface area contributed by atoms with Crippen LogP contribution in [0.15, 0.2) is 40.4 Å². The maximum atomic E-state index is 12.5. The van der Waals surface area contributed by atoms with Crippen molar-refractivity contribution in [3.63, 3.8) is 0 Å². The van der Waals surface area contributed by atoms with Gasteiger partial charge < -0.3 is 14.8 Å². The molecule has 0 atom stereocenters. The third kappa shape index (κ3) is 4.44. The Bertz CT molecular complexity index is 914. The fourth-order valence-corrected chi connectivity index (χ4v) is 2.78. The monoisotopic (exact) mass is 414 g/mol. The van der Waals surface area contributed by atoms with Gasteiger partial charge in [-0.15, -0.1) is 0 Å². The summed E-state index contributed by atoms with van der Waals surface area (Å²) in [6.07, 6.45) is 1.51. The number of methoxy groups -OCH3 is 2. The van der Waals surface area contributed by atoms with E-state index in [9.17, 15) is 10.1 Å². The van der Waals surface area contributed by atoms with Crippen LogP contribution in [0.3, 0.4) is 0 Å². The zero-order valence-corrected chi connectivity index (χ0v) is 16.6. The lowest BCUT2D eigenvalue weighted by Crippen LogP contribution is -2.14. The number of anilines is 1. The molecule has 0 saturated heterocycles. The molecule has 2 rings (SSSR count). The number of ether oxygens (including phenoxy) is 2. The van der Waals surface area contributed by atoms with Crippen LogP contribution in [-0.4, -0.2) is 20.1 Å². The van der Waals surface area contributed by atoms with E-state index < -0.39 is 5.91 Å². The summed E-state index contributed by atoms with van der Waals surface area (Å²) in [4.78, 5) is 12.5. The van der Waals surface area contributed by atoms with Gasteiger partial charge in [0.1, 0.15) is 11.6 Å². The van der Waals surface area contributed by atoms with Gasteiger partial charge in [-0.05, 0) is 54.8 Å². The summed E-state index contributed by atoms with van der Waals surface area (Å²) in [5.41, 5.74) is 3.25. The van der Waals surface area contributed by atoms with Crippen molar-refractivity contribution in [2.24, 2.45) is 0 Å². The van der Waals surface area contributed by atoms with Gasteiger partial charge in [-0.25, -0.2) is 0 Å². The molecule has 2 aromatic carbocycles. The van der Waals surface area contributed by atoms with E-state index in [1.54, 1.807) is 12.1 Å². The van der Waals surface area contributed by atoms with E-state index in [1.807, 2.05) is 38.1 Å². The highest BCUT2D eigenvalue weighted by molar-refractivity contribution is 9.10. The SMILES string of the molecule is COc1cc(Br)c(/C=C(\C#N)C(=O)Nc2cc(C)ccc2C)cc1OC. The van der Waals surface area contributed by atoms with Gasteiger partial charge in [0, 0.05) is 10.2 Å². The van der Waals surface area contributed by atoms with Crippen molar-refractivity contribution in [1.82, 2.24) is 0 Å². The molecule has 0 saturated carbocycles. The predicted molar refractivity (Wildman–Crippen MR) is 105 cm³/mol. The molecule has 5 nitrogen and oxygen atoms in total. The number of rotatable bonds is 5. The van der Waals surface area contributed by atoms with Crippen LogP contribution < -0.4 is 14.8 Å². The molecule has 2 aromatic rings. The van der Waals surface area contributed by atoms with Gasteiger partial charge in [0.2, 0.25) is 0 Å². The summed E-state index contributed by atoms with van der Waals surface area (Å²) in [7, 11) is 3.07. The molecular formula is C20H19BrN2O3. The minimum Gasteiger partial charge on any atom is -0.493 e. The van der Waals surface area contributed by atoms with Crippen molar-refractivity contribution in [1.29, 1.82) is 5.26 Å². The first-order valence-electron chi connectivity index (χ1n) is 7.81. The Morgan fingerprint density at radius 3 is 2.42 bits per heavy atom. The number of carbonyl (C=O) groups excluding carboxylic acids is 1. The van der Waals surface area contributed by atoms with Crippen LogP contribution in [0.25, 0.3) is 6.08 Å². The molecule has 26 heavy (non-hydrogen) atoms. The maximum absolute atomic E-state index is 12.5. The van der Waals surface area contributed by atoms with Crippen LogP contribution in [0.1, 0.15) is 16.7 Å². The van der Waals surface area contributed by atoms with Gasteiger partial charge in [0.05, 0.1) is 14.2 Å². The summed E-state index contributed by atoms with van der Waals surface area (Å²) in [5.74, 6) is 0.590. The molecule has 1 N–H and O–H groups in total. The summed E-state index contributed by atoms with van der Waals surface area (Å²) >= 11 is 3.42. The van der Waals surface area contributed by atoms with Gasteiger partial charge >= 0.3 is 0 Å². The topological polar surface area (TPSA) is 71.3 Å². The van der Waals surface area contributed by atoms with Crippen LogP contribution in [0.5, 0.6) is 11.5 Å². The largest absolute Gasteiger partial charge is 0.493 e. The number of nitriles is 1. The molecule has 1 amide bonds. The molecule has 0 bridgehead atoms. The van der Waals surface area contributed by atoms with E-state index in [-0.39, 0.29) is 5.57 Å². The molecule has 0 radical (unpaired) electrons. The van der Waals surface area contributed by atoms with E-state index in [4.69, 9.17) is 9.47 Å². The average Bonchev–Trinajstić information content (AvgIpc) is 2.63. The van der Waals surface area contributed by atoms with Crippen LogP contribution in [0.4, 0.5) is 5.69 Å². The van der Waals surface area contributed by atoms with Gasteiger partial charge in [-0.2, -0.15) is 5.26 Å². The molecule has 0 fully saturated rings. The zero-order chi connectivity index (χ0) is 19.3. The quantitative estimate of drug-likeness (QED) is 0.571. The lowest BCUT2D eigenvalue weighted by Gasteiger charge is -2.11. The molecule has 0 aliphatic rings. The number of halogens is 1. The highest BCUT2D eigenvalue weighted by atomic mass is 79.9. The number of amides is 1. The first kappa shape index (κ1) is 19.5. The van der Waals surface area contributed by atoms with Gasteiger partial charge in [-0.1, -0.05) is 28.1 Å². The molecule has 0 aliphatic heterocycles. The number of hydrogen-bond donors (Lipinski definition) is 1. The Hall–Kier alpha value is -2.78. The van der Waals surface area contributed by atoms with Crippen LogP contribution in [0, 0.1) is 25.2 Å². The van der Waals surface area contributed by atoms with Crippen molar-refractivity contribution >= 4 is 33.6 Å². The second-order valence-electron chi connectivity index (χ2n) is 5.67. The fraction of sp³-hybridized carbons (Fsp3) is 0.200. The number of hydrogen-bond acceptors (Lipinski definition) is 4. The predicted octanol–water partition coefficient (Wildman–Crippen LogP) is 4.63. The number of nitrogens with one attached hydrogen (secondary N) is 1. The second kappa shape index (κ2) is 8.54. The normalized spacial score (nSPS) is 10.8. The fourth-order valence-electron chi connectivity index (χ4n) is 2.34.